The van der Waals surface area contributed by atoms with E-state index in [0.717, 1.165) is 6.42 Å². The molecule has 0 aromatic heterocycles. The SMILES string of the molecule is O=C(OCCC1CC1)C1COc2ccc(S(=O)(=O)Cl)cc21. The van der Waals surface area contributed by atoms with Gasteiger partial charge in [-0.05, 0) is 30.5 Å². The summed E-state index contributed by atoms with van der Waals surface area (Å²) in [5.74, 6) is 0.234. The molecule has 1 saturated carbocycles. The van der Waals surface area contributed by atoms with Crippen molar-refractivity contribution in [1.82, 2.24) is 0 Å². The monoisotopic (exact) mass is 330 g/mol. The highest BCUT2D eigenvalue weighted by molar-refractivity contribution is 8.13. The first-order valence-corrected chi connectivity index (χ1v) is 9.14. The standard InChI is InChI=1S/C14H15ClO5S/c15-21(17,18)10-3-4-13-11(7-10)12(8-20-13)14(16)19-6-5-9-1-2-9/h3-4,7,9,12H,1-2,5-6,8H2. The fraction of sp³-hybridized carbons (Fsp3) is 0.500. The van der Waals surface area contributed by atoms with Gasteiger partial charge in [0, 0.05) is 16.2 Å². The normalized spacial score (nSPS) is 20.7. The van der Waals surface area contributed by atoms with E-state index in [1.54, 1.807) is 0 Å². The number of carbonyl (C=O) groups is 1. The second-order valence-corrected chi connectivity index (χ2v) is 7.97. The molecule has 1 atom stereocenters. The molecule has 0 bridgehead atoms. The highest BCUT2D eigenvalue weighted by Gasteiger charge is 2.33. The predicted octanol–water partition coefficient (Wildman–Crippen LogP) is 2.43. The van der Waals surface area contributed by atoms with Crippen LogP contribution in [-0.4, -0.2) is 27.6 Å². The summed E-state index contributed by atoms with van der Waals surface area (Å²) in [6.07, 6.45) is 3.32. The van der Waals surface area contributed by atoms with Crippen LogP contribution >= 0.6 is 10.7 Å². The molecule has 0 amide bonds. The van der Waals surface area contributed by atoms with Gasteiger partial charge in [0.15, 0.2) is 0 Å². The molecule has 0 spiro atoms. The lowest BCUT2D eigenvalue weighted by Gasteiger charge is -2.09. The lowest BCUT2D eigenvalue weighted by atomic mass is 10.0. The predicted molar refractivity (Wildman–Crippen MR) is 76.0 cm³/mol. The quantitative estimate of drug-likeness (QED) is 0.612. The summed E-state index contributed by atoms with van der Waals surface area (Å²) in [5.41, 5.74) is 0.521. The third kappa shape index (κ3) is 3.32. The molecule has 3 rings (SSSR count). The molecule has 1 aliphatic carbocycles. The van der Waals surface area contributed by atoms with Gasteiger partial charge in [-0.2, -0.15) is 0 Å². The number of carbonyl (C=O) groups excluding carboxylic acids is 1. The Labute approximate surface area is 127 Å². The van der Waals surface area contributed by atoms with Crippen LogP contribution in [0.25, 0.3) is 0 Å². The van der Waals surface area contributed by atoms with Crippen molar-refractivity contribution in [2.45, 2.75) is 30.1 Å². The second kappa shape index (κ2) is 5.50. The van der Waals surface area contributed by atoms with E-state index < -0.39 is 15.0 Å². The van der Waals surface area contributed by atoms with Crippen molar-refractivity contribution in [1.29, 1.82) is 0 Å². The average molecular weight is 331 g/mol. The van der Waals surface area contributed by atoms with Crippen LogP contribution in [0.1, 0.15) is 30.7 Å². The summed E-state index contributed by atoms with van der Waals surface area (Å²) in [7, 11) is 1.50. The van der Waals surface area contributed by atoms with E-state index in [0.29, 0.717) is 23.8 Å². The number of esters is 1. The van der Waals surface area contributed by atoms with Gasteiger partial charge in [-0.25, -0.2) is 8.42 Å². The van der Waals surface area contributed by atoms with Gasteiger partial charge in [-0.15, -0.1) is 0 Å². The van der Waals surface area contributed by atoms with E-state index in [2.05, 4.69) is 0 Å². The maximum absolute atomic E-state index is 12.1. The Morgan fingerprint density at radius 2 is 2.14 bits per heavy atom. The fourth-order valence-electron chi connectivity index (χ4n) is 2.37. The average Bonchev–Trinajstić information content (AvgIpc) is 3.14. The van der Waals surface area contributed by atoms with Gasteiger partial charge < -0.3 is 9.47 Å². The number of benzene rings is 1. The Morgan fingerprint density at radius 3 is 2.81 bits per heavy atom. The summed E-state index contributed by atoms with van der Waals surface area (Å²) in [4.78, 5) is 12.0. The molecule has 0 saturated heterocycles. The maximum atomic E-state index is 12.1. The smallest absolute Gasteiger partial charge is 0.317 e. The van der Waals surface area contributed by atoms with Crippen LogP contribution in [0.4, 0.5) is 0 Å². The molecule has 0 radical (unpaired) electrons. The Bertz CT molecular complexity index is 666. The van der Waals surface area contributed by atoms with Crippen molar-refractivity contribution in [3.8, 4) is 5.75 Å². The summed E-state index contributed by atoms with van der Waals surface area (Å²) in [6, 6.07) is 4.27. The van der Waals surface area contributed by atoms with Gasteiger partial charge in [0.2, 0.25) is 0 Å². The Kier molecular flexibility index (Phi) is 3.84. The fourth-order valence-corrected chi connectivity index (χ4v) is 3.16. The van der Waals surface area contributed by atoms with Crippen LogP contribution in [0, 0.1) is 5.92 Å². The minimum atomic E-state index is -3.83. The van der Waals surface area contributed by atoms with Crippen LogP contribution < -0.4 is 4.74 Å². The molecule has 0 N–H and O–H groups in total. The third-order valence-corrected chi connectivity index (χ3v) is 5.15. The number of rotatable bonds is 5. The Morgan fingerprint density at radius 1 is 1.38 bits per heavy atom. The summed E-state index contributed by atoms with van der Waals surface area (Å²) < 4.78 is 33.4. The topological polar surface area (TPSA) is 69.7 Å². The van der Waals surface area contributed by atoms with Crippen molar-refractivity contribution in [2.24, 2.45) is 5.92 Å². The van der Waals surface area contributed by atoms with Gasteiger partial charge >= 0.3 is 5.97 Å². The lowest BCUT2D eigenvalue weighted by molar-refractivity contribution is -0.145. The van der Waals surface area contributed by atoms with Gasteiger partial charge in [-0.3, -0.25) is 4.79 Å². The molecule has 1 unspecified atom stereocenters. The van der Waals surface area contributed by atoms with Crippen molar-refractivity contribution in [2.75, 3.05) is 13.2 Å². The Hall–Kier alpha value is -1.27. The van der Waals surface area contributed by atoms with Gasteiger partial charge in [0.1, 0.15) is 18.3 Å². The van der Waals surface area contributed by atoms with E-state index in [1.807, 2.05) is 0 Å². The van der Waals surface area contributed by atoms with E-state index in [4.69, 9.17) is 20.2 Å². The van der Waals surface area contributed by atoms with E-state index in [9.17, 15) is 13.2 Å². The van der Waals surface area contributed by atoms with E-state index in [1.165, 1.54) is 31.0 Å². The van der Waals surface area contributed by atoms with Crippen molar-refractivity contribution < 1.29 is 22.7 Å². The molecule has 21 heavy (non-hydrogen) atoms. The molecule has 1 aromatic rings. The zero-order valence-electron chi connectivity index (χ0n) is 11.2. The minimum absolute atomic E-state index is 0.0378. The van der Waals surface area contributed by atoms with Crippen LogP contribution in [0.15, 0.2) is 23.1 Å². The highest BCUT2D eigenvalue weighted by atomic mass is 35.7. The molecular weight excluding hydrogens is 316 g/mol. The number of hydrogen-bond acceptors (Lipinski definition) is 5. The summed E-state index contributed by atoms with van der Waals surface area (Å²) in [5, 5.41) is 0. The third-order valence-electron chi connectivity index (χ3n) is 3.80. The van der Waals surface area contributed by atoms with Crippen LogP contribution in [-0.2, 0) is 18.6 Å². The van der Waals surface area contributed by atoms with Crippen LogP contribution in [0.2, 0.25) is 0 Å². The molecular formula is C14H15ClO5S. The molecule has 1 aliphatic heterocycles. The zero-order chi connectivity index (χ0) is 15.0. The number of ether oxygens (including phenoxy) is 2. The molecule has 1 aromatic carbocycles. The number of hydrogen-bond donors (Lipinski definition) is 0. The molecule has 7 heteroatoms. The number of halogens is 1. The van der Waals surface area contributed by atoms with Crippen molar-refractivity contribution in [3.05, 3.63) is 23.8 Å². The first-order valence-electron chi connectivity index (χ1n) is 6.83. The summed E-state index contributed by atoms with van der Waals surface area (Å²) in [6.45, 7) is 0.576. The molecule has 2 aliphatic rings. The Balaban J connectivity index is 1.73. The van der Waals surface area contributed by atoms with Crippen molar-refractivity contribution in [3.63, 3.8) is 0 Å². The van der Waals surface area contributed by atoms with Gasteiger partial charge in [0.25, 0.3) is 9.05 Å². The highest BCUT2D eigenvalue weighted by Crippen LogP contribution is 2.37. The summed E-state index contributed by atoms with van der Waals surface area (Å²) >= 11 is 0. The lowest BCUT2D eigenvalue weighted by Crippen LogP contribution is -2.18. The zero-order valence-corrected chi connectivity index (χ0v) is 12.8. The molecule has 5 nitrogen and oxygen atoms in total. The van der Waals surface area contributed by atoms with Crippen molar-refractivity contribution >= 4 is 25.7 Å². The molecule has 114 valence electrons. The maximum Gasteiger partial charge on any atom is 0.317 e. The largest absolute Gasteiger partial charge is 0.492 e. The molecule has 1 heterocycles. The van der Waals surface area contributed by atoms with Crippen LogP contribution in [0.3, 0.4) is 0 Å². The van der Waals surface area contributed by atoms with E-state index in [-0.39, 0.29) is 17.5 Å². The first kappa shape index (κ1) is 14.7. The number of fused-ring (bicyclic) bond motifs is 1. The van der Waals surface area contributed by atoms with Crippen LogP contribution in [0.5, 0.6) is 5.75 Å². The first-order chi connectivity index (χ1) is 9.95. The molecule has 1 fully saturated rings. The minimum Gasteiger partial charge on any atom is -0.492 e. The van der Waals surface area contributed by atoms with Gasteiger partial charge in [0.05, 0.1) is 11.5 Å². The van der Waals surface area contributed by atoms with E-state index >= 15 is 0 Å². The second-order valence-electron chi connectivity index (χ2n) is 5.40. The van der Waals surface area contributed by atoms with Gasteiger partial charge in [-0.1, -0.05) is 12.8 Å².